The van der Waals surface area contributed by atoms with Crippen LogP contribution < -0.4 is 5.32 Å². The summed E-state index contributed by atoms with van der Waals surface area (Å²) in [5.74, 6) is 0.376. The summed E-state index contributed by atoms with van der Waals surface area (Å²) in [6, 6.07) is 0. The number of thioether (sulfide) groups is 1. The number of aromatic nitrogens is 4. The van der Waals surface area contributed by atoms with Crippen LogP contribution in [-0.2, 0) is 16.1 Å². The predicted octanol–water partition coefficient (Wildman–Crippen LogP) is 1.25. The van der Waals surface area contributed by atoms with E-state index >= 15 is 0 Å². The van der Waals surface area contributed by atoms with Gasteiger partial charge >= 0.3 is 0 Å². The van der Waals surface area contributed by atoms with Crippen molar-refractivity contribution < 1.29 is 9.53 Å². The fourth-order valence-electron chi connectivity index (χ4n) is 2.18. The van der Waals surface area contributed by atoms with Gasteiger partial charge in [0, 0.05) is 13.2 Å². The van der Waals surface area contributed by atoms with Crippen LogP contribution in [0.4, 0.5) is 0 Å². The Morgan fingerprint density at radius 2 is 2.43 bits per heavy atom. The van der Waals surface area contributed by atoms with Gasteiger partial charge in [-0.3, -0.25) is 4.79 Å². The second-order valence-corrected chi connectivity index (χ2v) is 6.07. The average Bonchev–Trinajstić information content (AvgIpc) is 3.14. The van der Waals surface area contributed by atoms with Gasteiger partial charge in [0.05, 0.1) is 18.4 Å². The van der Waals surface area contributed by atoms with Gasteiger partial charge in [0.1, 0.15) is 0 Å². The molecule has 1 atom stereocenters. The van der Waals surface area contributed by atoms with Gasteiger partial charge in [-0.25, -0.2) is 4.68 Å². The van der Waals surface area contributed by atoms with Crippen molar-refractivity contribution in [2.45, 2.75) is 56.8 Å². The molecular weight excluding hydrogens is 290 g/mol. The summed E-state index contributed by atoms with van der Waals surface area (Å²) in [6.45, 7) is 4.36. The molecular formula is C13H23N5O2S. The lowest BCUT2D eigenvalue weighted by atomic mass is 10.2. The molecule has 2 rings (SSSR count). The molecule has 7 nitrogen and oxygen atoms in total. The quantitative estimate of drug-likeness (QED) is 0.546. The number of carbonyl (C=O) groups excluding carboxylic acids is 1. The van der Waals surface area contributed by atoms with E-state index in [-0.39, 0.29) is 12.0 Å². The number of rotatable bonds is 9. The molecule has 0 bridgehead atoms. The van der Waals surface area contributed by atoms with Crippen LogP contribution >= 0.6 is 11.8 Å². The summed E-state index contributed by atoms with van der Waals surface area (Å²) in [4.78, 5) is 11.7. The molecule has 0 aliphatic carbocycles. The zero-order chi connectivity index (χ0) is 14.9. The Morgan fingerprint density at radius 3 is 3.19 bits per heavy atom. The third kappa shape index (κ3) is 5.62. The molecule has 1 saturated heterocycles. The molecule has 1 aromatic rings. The molecule has 1 aliphatic heterocycles. The Hall–Kier alpha value is -1.15. The highest BCUT2D eigenvalue weighted by Gasteiger charge is 2.19. The van der Waals surface area contributed by atoms with E-state index in [4.69, 9.17) is 4.74 Å². The maximum atomic E-state index is 11.7. The standard InChI is InChI=1S/C13H23N5O2S/c1-2-3-4-7-14-12(19)10-21-13-15-16-17-18(13)9-11-6-5-8-20-11/h11H,2-10H2,1H3,(H,14,19). The fraction of sp³-hybridized carbons (Fsp3) is 0.846. The summed E-state index contributed by atoms with van der Waals surface area (Å²) in [6.07, 6.45) is 5.66. The number of amides is 1. The Morgan fingerprint density at radius 1 is 1.52 bits per heavy atom. The highest BCUT2D eigenvalue weighted by molar-refractivity contribution is 7.99. The highest BCUT2D eigenvalue weighted by Crippen LogP contribution is 2.18. The summed E-state index contributed by atoms with van der Waals surface area (Å²) in [5, 5.41) is 15.2. The number of hydrogen-bond donors (Lipinski definition) is 1. The topological polar surface area (TPSA) is 81.9 Å². The van der Waals surface area contributed by atoms with E-state index in [1.807, 2.05) is 0 Å². The van der Waals surface area contributed by atoms with Crippen molar-refractivity contribution in [1.82, 2.24) is 25.5 Å². The molecule has 1 aromatic heterocycles. The number of carbonyl (C=O) groups is 1. The predicted molar refractivity (Wildman–Crippen MR) is 80.0 cm³/mol. The second-order valence-electron chi connectivity index (χ2n) is 5.12. The first-order chi connectivity index (χ1) is 10.3. The minimum absolute atomic E-state index is 0.0303. The van der Waals surface area contributed by atoms with Gasteiger partial charge in [-0.1, -0.05) is 31.5 Å². The minimum Gasteiger partial charge on any atom is -0.376 e. The SMILES string of the molecule is CCCCCNC(=O)CSc1nnnn1CC1CCCO1. The first-order valence-electron chi connectivity index (χ1n) is 7.57. The van der Waals surface area contributed by atoms with Crippen LogP contribution in [-0.4, -0.2) is 51.1 Å². The maximum absolute atomic E-state index is 11.7. The van der Waals surface area contributed by atoms with Crippen molar-refractivity contribution in [3.05, 3.63) is 0 Å². The van der Waals surface area contributed by atoms with Crippen molar-refractivity contribution in [3.63, 3.8) is 0 Å². The lowest BCUT2D eigenvalue weighted by Crippen LogP contribution is -2.26. The summed E-state index contributed by atoms with van der Waals surface area (Å²) in [7, 11) is 0. The zero-order valence-corrected chi connectivity index (χ0v) is 13.3. The van der Waals surface area contributed by atoms with Crippen molar-refractivity contribution in [3.8, 4) is 0 Å². The third-order valence-electron chi connectivity index (χ3n) is 3.33. The minimum atomic E-state index is 0.0303. The van der Waals surface area contributed by atoms with E-state index < -0.39 is 0 Å². The van der Waals surface area contributed by atoms with Crippen LogP contribution in [0.1, 0.15) is 39.0 Å². The molecule has 2 heterocycles. The molecule has 1 fully saturated rings. The molecule has 1 aliphatic rings. The van der Waals surface area contributed by atoms with Crippen LogP contribution in [0.15, 0.2) is 5.16 Å². The highest BCUT2D eigenvalue weighted by atomic mass is 32.2. The third-order valence-corrected chi connectivity index (χ3v) is 4.29. The summed E-state index contributed by atoms with van der Waals surface area (Å²) < 4.78 is 7.31. The van der Waals surface area contributed by atoms with E-state index in [2.05, 4.69) is 27.8 Å². The summed E-state index contributed by atoms with van der Waals surface area (Å²) in [5.41, 5.74) is 0. The number of hydrogen-bond acceptors (Lipinski definition) is 6. The van der Waals surface area contributed by atoms with Gasteiger partial charge in [0.2, 0.25) is 11.1 Å². The number of tetrazole rings is 1. The molecule has 8 heteroatoms. The molecule has 0 radical (unpaired) electrons. The Bertz CT molecular complexity index is 434. The van der Waals surface area contributed by atoms with Crippen molar-refractivity contribution in [2.75, 3.05) is 18.9 Å². The van der Waals surface area contributed by atoms with Gasteiger partial charge in [-0.15, -0.1) is 5.10 Å². The van der Waals surface area contributed by atoms with E-state index in [1.54, 1.807) is 4.68 Å². The first-order valence-corrected chi connectivity index (χ1v) is 8.55. The number of nitrogens with one attached hydrogen (secondary N) is 1. The van der Waals surface area contributed by atoms with Gasteiger partial charge in [0.15, 0.2) is 0 Å². The van der Waals surface area contributed by atoms with E-state index in [0.717, 1.165) is 45.3 Å². The second kappa shape index (κ2) is 8.99. The Labute approximate surface area is 129 Å². The Balaban J connectivity index is 1.70. The molecule has 0 saturated carbocycles. The van der Waals surface area contributed by atoms with Crippen molar-refractivity contribution >= 4 is 17.7 Å². The summed E-state index contributed by atoms with van der Waals surface area (Å²) >= 11 is 1.37. The molecule has 118 valence electrons. The van der Waals surface area contributed by atoms with Crippen LogP contribution in [0.2, 0.25) is 0 Å². The molecule has 1 unspecified atom stereocenters. The van der Waals surface area contributed by atoms with Gasteiger partial charge in [-0.05, 0) is 29.7 Å². The van der Waals surface area contributed by atoms with Crippen LogP contribution in [0, 0.1) is 0 Å². The number of nitrogens with zero attached hydrogens (tertiary/aromatic N) is 4. The molecule has 1 N–H and O–H groups in total. The zero-order valence-electron chi connectivity index (χ0n) is 12.5. The number of ether oxygens (including phenoxy) is 1. The first kappa shape index (κ1) is 16.2. The van der Waals surface area contributed by atoms with E-state index in [0.29, 0.717) is 17.5 Å². The Kier molecular flexibility index (Phi) is 6.94. The van der Waals surface area contributed by atoms with Crippen LogP contribution in [0.5, 0.6) is 0 Å². The monoisotopic (exact) mass is 313 g/mol. The normalized spacial score (nSPS) is 18.0. The molecule has 21 heavy (non-hydrogen) atoms. The smallest absolute Gasteiger partial charge is 0.230 e. The largest absolute Gasteiger partial charge is 0.376 e. The number of unbranched alkanes of at least 4 members (excludes halogenated alkanes) is 2. The molecule has 1 amide bonds. The van der Waals surface area contributed by atoms with Gasteiger partial charge < -0.3 is 10.1 Å². The van der Waals surface area contributed by atoms with Crippen molar-refractivity contribution in [1.29, 1.82) is 0 Å². The van der Waals surface area contributed by atoms with E-state index in [1.165, 1.54) is 11.8 Å². The lowest BCUT2D eigenvalue weighted by Gasteiger charge is -2.10. The van der Waals surface area contributed by atoms with Gasteiger partial charge in [-0.2, -0.15) is 0 Å². The van der Waals surface area contributed by atoms with Gasteiger partial charge in [0.25, 0.3) is 0 Å². The van der Waals surface area contributed by atoms with Crippen LogP contribution in [0.25, 0.3) is 0 Å². The van der Waals surface area contributed by atoms with Crippen molar-refractivity contribution in [2.24, 2.45) is 0 Å². The average molecular weight is 313 g/mol. The maximum Gasteiger partial charge on any atom is 0.230 e. The molecule has 0 aromatic carbocycles. The molecule has 0 spiro atoms. The van der Waals surface area contributed by atoms with Crippen LogP contribution in [0.3, 0.4) is 0 Å². The lowest BCUT2D eigenvalue weighted by molar-refractivity contribution is -0.118. The van der Waals surface area contributed by atoms with E-state index in [9.17, 15) is 4.79 Å². The fourth-order valence-corrected chi connectivity index (χ4v) is 2.90.